The number of para-hydroxylation sites is 1. The molecule has 1 saturated heterocycles. The Balaban J connectivity index is 1.61. The number of halogens is 2. The highest BCUT2D eigenvalue weighted by atomic mass is 35.5. The van der Waals surface area contributed by atoms with E-state index in [4.69, 9.17) is 28.2 Å². The minimum Gasteiger partial charge on any atom is -0.315 e. The molecule has 4 rings (SSSR count). The van der Waals surface area contributed by atoms with Crippen LogP contribution in [0.4, 0.5) is 5.69 Å². The van der Waals surface area contributed by atoms with Crippen LogP contribution in [0.25, 0.3) is 0 Å². The minimum atomic E-state index is -3.04. The second kappa shape index (κ2) is 7.08. The van der Waals surface area contributed by atoms with Crippen molar-refractivity contribution in [2.45, 2.75) is 17.8 Å². The monoisotopic (exact) mass is 426 g/mol. The summed E-state index contributed by atoms with van der Waals surface area (Å²) >= 11 is 13.8. The molecule has 2 aromatic carbocycles. The van der Waals surface area contributed by atoms with Gasteiger partial charge >= 0.3 is 0 Å². The third-order valence-electron chi connectivity index (χ3n) is 4.51. The third kappa shape index (κ3) is 3.60. The van der Waals surface area contributed by atoms with Crippen molar-refractivity contribution in [2.75, 3.05) is 16.4 Å². The molecule has 2 atom stereocenters. The number of fused-ring (bicyclic) bond motifs is 1. The summed E-state index contributed by atoms with van der Waals surface area (Å²) in [5, 5.41) is 2.07. The maximum atomic E-state index is 12.1. The lowest BCUT2D eigenvalue weighted by atomic mass is 10.1. The predicted molar refractivity (Wildman–Crippen MR) is 110 cm³/mol. The standard InChI is InChI=1S/C18H16Cl2N2O2S2/c19-13-7-6-12(15(20)8-13)9-25-18-21-16-10-26(23,24)11-17(16)22(18)14-4-2-1-3-5-14/h1-8,16-17H,9-11H2/t16-,17-/m1/s1. The van der Waals surface area contributed by atoms with Crippen molar-refractivity contribution in [1.82, 2.24) is 0 Å². The van der Waals surface area contributed by atoms with Crippen LogP contribution in [0.1, 0.15) is 5.56 Å². The van der Waals surface area contributed by atoms with Crippen LogP contribution in [0.3, 0.4) is 0 Å². The van der Waals surface area contributed by atoms with Gasteiger partial charge in [0.1, 0.15) is 0 Å². The quantitative estimate of drug-likeness (QED) is 0.734. The lowest BCUT2D eigenvalue weighted by molar-refractivity contribution is 0.601. The van der Waals surface area contributed by atoms with Crippen molar-refractivity contribution < 1.29 is 8.42 Å². The van der Waals surface area contributed by atoms with Gasteiger partial charge in [-0.25, -0.2) is 8.42 Å². The van der Waals surface area contributed by atoms with Crippen LogP contribution >= 0.6 is 35.0 Å². The highest BCUT2D eigenvalue weighted by molar-refractivity contribution is 8.13. The lowest BCUT2D eigenvalue weighted by Gasteiger charge is -2.26. The Morgan fingerprint density at radius 2 is 1.88 bits per heavy atom. The highest BCUT2D eigenvalue weighted by Gasteiger charge is 2.47. The van der Waals surface area contributed by atoms with Gasteiger partial charge in [0, 0.05) is 21.5 Å². The smallest absolute Gasteiger partial charge is 0.164 e. The fourth-order valence-corrected chi connectivity index (χ4v) is 6.83. The van der Waals surface area contributed by atoms with Gasteiger partial charge in [-0.3, -0.25) is 4.99 Å². The van der Waals surface area contributed by atoms with E-state index < -0.39 is 9.84 Å². The molecule has 0 amide bonds. The average Bonchev–Trinajstić information content (AvgIpc) is 3.06. The fraction of sp³-hybridized carbons (Fsp3) is 0.278. The van der Waals surface area contributed by atoms with Crippen LogP contribution in [-0.2, 0) is 15.6 Å². The van der Waals surface area contributed by atoms with Crippen LogP contribution in [0.5, 0.6) is 0 Å². The Morgan fingerprint density at radius 3 is 2.62 bits per heavy atom. The molecule has 4 nitrogen and oxygen atoms in total. The number of amidine groups is 1. The molecule has 0 spiro atoms. The molecule has 26 heavy (non-hydrogen) atoms. The van der Waals surface area contributed by atoms with Crippen molar-refractivity contribution in [1.29, 1.82) is 0 Å². The molecular formula is C18H16Cl2N2O2S2. The van der Waals surface area contributed by atoms with Gasteiger partial charge in [-0.2, -0.15) is 0 Å². The van der Waals surface area contributed by atoms with Crippen molar-refractivity contribution in [3.63, 3.8) is 0 Å². The molecule has 0 radical (unpaired) electrons. The molecular weight excluding hydrogens is 411 g/mol. The fourth-order valence-electron chi connectivity index (χ4n) is 3.30. The van der Waals surface area contributed by atoms with Gasteiger partial charge in [0.25, 0.3) is 0 Å². The van der Waals surface area contributed by atoms with Crippen molar-refractivity contribution in [3.8, 4) is 0 Å². The van der Waals surface area contributed by atoms with Gasteiger partial charge in [0.05, 0.1) is 23.6 Å². The van der Waals surface area contributed by atoms with Gasteiger partial charge in [0.15, 0.2) is 15.0 Å². The SMILES string of the molecule is O=S1(=O)C[C@@H]2[C@@H](C1)N=C(SCc1ccc(Cl)cc1Cl)N2c1ccccc1. The normalized spacial score (nSPS) is 23.8. The summed E-state index contributed by atoms with van der Waals surface area (Å²) in [7, 11) is -3.04. The molecule has 136 valence electrons. The summed E-state index contributed by atoms with van der Waals surface area (Å²) in [6.45, 7) is 0. The van der Waals surface area contributed by atoms with Crippen LogP contribution in [0.2, 0.25) is 10.0 Å². The number of nitrogens with zero attached hydrogens (tertiary/aromatic N) is 2. The van der Waals surface area contributed by atoms with E-state index in [1.54, 1.807) is 17.8 Å². The number of hydrogen-bond donors (Lipinski definition) is 0. The molecule has 2 heterocycles. The molecule has 1 fully saturated rings. The molecule has 0 aliphatic carbocycles. The molecule has 0 unspecified atom stereocenters. The van der Waals surface area contributed by atoms with Crippen molar-refractivity contribution >= 4 is 55.7 Å². The third-order valence-corrected chi connectivity index (χ3v) is 7.82. The number of sulfone groups is 1. The summed E-state index contributed by atoms with van der Waals surface area (Å²) < 4.78 is 24.1. The van der Waals surface area contributed by atoms with Gasteiger partial charge in [-0.05, 0) is 29.8 Å². The Bertz CT molecular complexity index is 964. The molecule has 2 aliphatic heterocycles. The first-order valence-electron chi connectivity index (χ1n) is 8.12. The molecule has 0 N–H and O–H groups in total. The van der Waals surface area contributed by atoms with Gasteiger partial charge in [-0.15, -0.1) is 0 Å². The van der Waals surface area contributed by atoms with E-state index in [2.05, 4.69) is 4.90 Å². The largest absolute Gasteiger partial charge is 0.315 e. The van der Waals surface area contributed by atoms with E-state index in [-0.39, 0.29) is 23.6 Å². The number of benzene rings is 2. The first-order valence-corrected chi connectivity index (χ1v) is 11.7. The second-order valence-corrected chi connectivity index (χ2v) is 10.3. The maximum absolute atomic E-state index is 12.1. The summed E-state index contributed by atoms with van der Waals surface area (Å²) in [6.07, 6.45) is 0. The highest BCUT2D eigenvalue weighted by Crippen LogP contribution is 2.36. The zero-order valence-corrected chi connectivity index (χ0v) is 16.8. The Morgan fingerprint density at radius 1 is 1.12 bits per heavy atom. The molecule has 0 bridgehead atoms. The Hall–Kier alpha value is -1.21. The first kappa shape index (κ1) is 18.2. The van der Waals surface area contributed by atoms with Crippen LogP contribution in [0, 0.1) is 0 Å². The minimum absolute atomic E-state index is 0.118. The Labute approximate surface area is 167 Å². The van der Waals surface area contributed by atoms with E-state index in [1.807, 2.05) is 42.5 Å². The average molecular weight is 427 g/mol. The van der Waals surface area contributed by atoms with Gasteiger partial charge in [0.2, 0.25) is 0 Å². The van der Waals surface area contributed by atoms with Crippen LogP contribution in [-0.4, -0.2) is 37.2 Å². The van der Waals surface area contributed by atoms with E-state index >= 15 is 0 Å². The molecule has 0 aromatic heterocycles. The second-order valence-electron chi connectivity index (χ2n) is 6.35. The number of anilines is 1. The molecule has 2 aliphatic rings. The summed E-state index contributed by atoms with van der Waals surface area (Å²) in [5.74, 6) is 0.902. The van der Waals surface area contributed by atoms with E-state index in [0.717, 1.165) is 16.4 Å². The Kier molecular flexibility index (Phi) is 4.94. The summed E-state index contributed by atoms with van der Waals surface area (Å²) in [4.78, 5) is 6.78. The summed E-state index contributed by atoms with van der Waals surface area (Å²) in [6, 6.07) is 14.9. The van der Waals surface area contributed by atoms with Crippen molar-refractivity contribution in [2.24, 2.45) is 4.99 Å². The van der Waals surface area contributed by atoms with E-state index in [9.17, 15) is 8.42 Å². The molecule has 2 aromatic rings. The zero-order valence-electron chi connectivity index (χ0n) is 13.7. The van der Waals surface area contributed by atoms with Gasteiger partial charge in [-0.1, -0.05) is 59.2 Å². The summed E-state index contributed by atoms with van der Waals surface area (Å²) in [5.41, 5.74) is 1.94. The first-order chi connectivity index (χ1) is 12.4. The maximum Gasteiger partial charge on any atom is 0.164 e. The van der Waals surface area contributed by atoms with Gasteiger partial charge < -0.3 is 4.90 Å². The van der Waals surface area contributed by atoms with Crippen LogP contribution < -0.4 is 4.90 Å². The number of thioether (sulfide) groups is 1. The van der Waals surface area contributed by atoms with Crippen LogP contribution in [0.15, 0.2) is 53.5 Å². The number of rotatable bonds is 3. The predicted octanol–water partition coefficient (Wildman–Crippen LogP) is 4.27. The van der Waals surface area contributed by atoms with Crippen molar-refractivity contribution in [3.05, 3.63) is 64.1 Å². The molecule has 0 saturated carbocycles. The molecule has 8 heteroatoms. The lowest BCUT2D eigenvalue weighted by Crippen LogP contribution is -2.39. The van der Waals surface area contributed by atoms with E-state index in [1.165, 1.54) is 0 Å². The zero-order chi connectivity index (χ0) is 18.3. The topological polar surface area (TPSA) is 49.7 Å². The van der Waals surface area contributed by atoms with E-state index in [0.29, 0.717) is 15.8 Å². The number of hydrogen-bond acceptors (Lipinski definition) is 5. The number of aliphatic imine (C=N–C) groups is 1.